The molecule has 0 spiro atoms. The molecule has 0 bridgehead atoms. The summed E-state index contributed by atoms with van der Waals surface area (Å²) in [5, 5.41) is 10.0. The number of aryl methyl sites for hydroxylation is 1. The van der Waals surface area contributed by atoms with Gasteiger partial charge >= 0.3 is 0 Å². The first-order valence-electron chi connectivity index (χ1n) is 4.47. The van der Waals surface area contributed by atoms with E-state index in [-0.39, 0.29) is 11.4 Å². The van der Waals surface area contributed by atoms with Gasteiger partial charge in [-0.05, 0) is 32.9 Å². The summed E-state index contributed by atoms with van der Waals surface area (Å²) in [7, 11) is 0. The second-order valence-electron chi connectivity index (χ2n) is 3.84. The number of nitrogens with zero attached hydrogens (tertiary/aromatic N) is 1. The van der Waals surface area contributed by atoms with Crippen LogP contribution >= 0.6 is 11.8 Å². The molecule has 0 radical (unpaired) electrons. The predicted octanol–water partition coefficient (Wildman–Crippen LogP) is 1.84. The van der Waals surface area contributed by atoms with Gasteiger partial charge in [-0.1, -0.05) is 11.8 Å². The van der Waals surface area contributed by atoms with Crippen molar-refractivity contribution in [2.24, 2.45) is 0 Å². The molecule has 1 heterocycles. The third kappa shape index (κ3) is 2.89. The molecule has 0 saturated heterocycles. The standard InChI is InChI=1S/C10H16N2OS/c1-7-8(11)4-5-9(12-7)14-10(2,3)6-13/h4-5,13H,6,11H2,1-3H3. The summed E-state index contributed by atoms with van der Waals surface area (Å²) in [4.78, 5) is 4.33. The number of hydrogen-bond acceptors (Lipinski definition) is 4. The van der Waals surface area contributed by atoms with Crippen LogP contribution in [0.5, 0.6) is 0 Å². The highest BCUT2D eigenvalue weighted by molar-refractivity contribution is 8.00. The van der Waals surface area contributed by atoms with Crippen LogP contribution in [0.2, 0.25) is 0 Å². The topological polar surface area (TPSA) is 59.1 Å². The fourth-order valence-electron chi connectivity index (χ4n) is 0.921. The zero-order chi connectivity index (χ0) is 10.8. The molecule has 14 heavy (non-hydrogen) atoms. The first-order chi connectivity index (χ1) is 6.44. The van der Waals surface area contributed by atoms with Crippen LogP contribution in [0.1, 0.15) is 19.5 Å². The lowest BCUT2D eigenvalue weighted by atomic mass is 10.2. The molecule has 0 aliphatic rings. The van der Waals surface area contributed by atoms with E-state index in [9.17, 15) is 0 Å². The summed E-state index contributed by atoms with van der Waals surface area (Å²) >= 11 is 1.55. The lowest BCUT2D eigenvalue weighted by molar-refractivity contribution is 0.265. The van der Waals surface area contributed by atoms with Crippen molar-refractivity contribution >= 4 is 17.4 Å². The number of nitrogens with two attached hydrogens (primary N) is 1. The van der Waals surface area contributed by atoms with Crippen LogP contribution in [-0.4, -0.2) is 21.4 Å². The minimum absolute atomic E-state index is 0.128. The molecule has 0 amide bonds. The van der Waals surface area contributed by atoms with Crippen LogP contribution in [-0.2, 0) is 0 Å². The molecule has 0 fully saturated rings. The van der Waals surface area contributed by atoms with Gasteiger partial charge in [0, 0.05) is 4.75 Å². The summed E-state index contributed by atoms with van der Waals surface area (Å²) in [5.74, 6) is 0. The zero-order valence-corrected chi connectivity index (χ0v) is 9.56. The largest absolute Gasteiger partial charge is 0.397 e. The number of aliphatic hydroxyl groups is 1. The maximum absolute atomic E-state index is 9.11. The van der Waals surface area contributed by atoms with Crippen molar-refractivity contribution in [2.45, 2.75) is 30.5 Å². The molecule has 1 aromatic rings. The number of pyridine rings is 1. The van der Waals surface area contributed by atoms with E-state index < -0.39 is 0 Å². The fourth-order valence-corrected chi connectivity index (χ4v) is 1.87. The zero-order valence-electron chi connectivity index (χ0n) is 8.74. The third-order valence-corrected chi connectivity index (χ3v) is 2.98. The van der Waals surface area contributed by atoms with Crippen LogP contribution in [0.25, 0.3) is 0 Å². The number of rotatable bonds is 3. The van der Waals surface area contributed by atoms with Crippen molar-refractivity contribution in [3.63, 3.8) is 0 Å². The lowest BCUT2D eigenvalue weighted by Gasteiger charge is -2.20. The summed E-state index contributed by atoms with van der Waals surface area (Å²) in [6.07, 6.45) is 0. The molecule has 78 valence electrons. The number of thioether (sulfide) groups is 1. The minimum atomic E-state index is -0.199. The Labute approximate surface area is 88.7 Å². The van der Waals surface area contributed by atoms with Gasteiger partial charge in [-0.2, -0.15) is 0 Å². The highest BCUT2D eigenvalue weighted by atomic mass is 32.2. The van der Waals surface area contributed by atoms with Crippen molar-refractivity contribution in [3.05, 3.63) is 17.8 Å². The molecule has 3 N–H and O–H groups in total. The lowest BCUT2D eigenvalue weighted by Crippen LogP contribution is -2.20. The number of nitrogen functional groups attached to an aromatic ring is 1. The first kappa shape index (κ1) is 11.3. The maximum Gasteiger partial charge on any atom is 0.0970 e. The Balaban J connectivity index is 2.83. The highest BCUT2D eigenvalue weighted by Gasteiger charge is 2.18. The number of anilines is 1. The van der Waals surface area contributed by atoms with Gasteiger partial charge in [0.15, 0.2) is 0 Å². The maximum atomic E-state index is 9.11. The van der Waals surface area contributed by atoms with Crippen LogP contribution in [0.3, 0.4) is 0 Å². The molecule has 0 unspecified atom stereocenters. The molecule has 0 aromatic carbocycles. The molecular formula is C10H16N2OS. The Morgan fingerprint density at radius 3 is 2.64 bits per heavy atom. The summed E-state index contributed by atoms with van der Waals surface area (Å²) in [5.41, 5.74) is 7.21. The van der Waals surface area contributed by atoms with Crippen LogP contribution in [0.15, 0.2) is 17.2 Å². The van der Waals surface area contributed by atoms with Crippen molar-refractivity contribution in [1.29, 1.82) is 0 Å². The molecule has 0 saturated carbocycles. The van der Waals surface area contributed by atoms with Gasteiger partial charge in [0.1, 0.15) is 0 Å². The van der Waals surface area contributed by atoms with Gasteiger partial charge in [-0.3, -0.25) is 0 Å². The van der Waals surface area contributed by atoms with Gasteiger partial charge in [0.25, 0.3) is 0 Å². The van der Waals surface area contributed by atoms with E-state index >= 15 is 0 Å². The van der Waals surface area contributed by atoms with E-state index in [1.807, 2.05) is 32.9 Å². The molecule has 0 atom stereocenters. The molecule has 3 nitrogen and oxygen atoms in total. The molecule has 1 aromatic heterocycles. The van der Waals surface area contributed by atoms with E-state index in [0.29, 0.717) is 5.69 Å². The van der Waals surface area contributed by atoms with Crippen molar-refractivity contribution < 1.29 is 5.11 Å². The van der Waals surface area contributed by atoms with Crippen molar-refractivity contribution in [3.8, 4) is 0 Å². The van der Waals surface area contributed by atoms with Crippen LogP contribution < -0.4 is 5.73 Å². The van der Waals surface area contributed by atoms with E-state index in [1.165, 1.54) is 0 Å². The summed E-state index contributed by atoms with van der Waals surface area (Å²) in [6.45, 7) is 5.96. The Kier molecular flexibility index (Phi) is 3.39. The van der Waals surface area contributed by atoms with Crippen molar-refractivity contribution in [2.75, 3.05) is 12.3 Å². The van der Waals surface area contributed by atoms with E-state index in [0.717, 1.165) is 10.7 Å². The van der Waals surface area contributed by atoms with Gasteiger partial charge in [-0.25, -0.2) is 4.98 Å². The molecule has 0 aliphatic carbocycles. The smallest absolute Gasteiger partial charge is 0.0970 e. The Bertz CT molecular complexity index is 326. The number of aromatic nitrogens is 1. The predicted molar refractivity (Wildman–Crippen MR) is 60.4 cm³/mol. The number of aliphatic hydroxyl groups excluding tert-OH is 1. The molecule has 0 aliphatic heterocycles. The van der Waals surface area contributed by atoms with Gasteiger partial charge in [-0.15, -0.1) is 0 Å². The molecule has 1 rings (SSSR count). The SMILES string of the molecule is Cc1nc(SC(C)(C)CO)ccc1N. The highest BCUT2D eigenvalue weighted by Crippen LogP contribution is 2.31. The van der Waals surface area contributed by atoms with Gasteiger partial charge in [0.2, 0.25) is 0 Å². The van der Waals surface area contributed by atoms with E-state index in [2.05, 4.69) is 4.98 Å². The van der Waals surface area contributed by atoms with E-state index in [1.54, 1.807) is 11.8 Å². The van der Waals surface area contributed by atoms with E-state index in [4.69, 9.17) is 10.8 Å². The first-order valence-corrected chi connectivity index (χ1v) is 5.29. The average molecular weight is 212 g/mol. The fraction of sp³-hybridized carbons (Fsp3) is 0.500. The molecule has 4 heteroatoms. The summed E-state index contributed by atoms with van der Waals surface area (Å²) in [6, 6.07) is 3.72. The quantitative estimate of drug-likeness (QED) is 0.750. The third-order valence-electron chi connectivity index (χ3n) is 1.86. The van der Waals surface area contributed by atoms with Gasteiger partial charge < -0.3 is 10.8 Å². The monoisotopic (exact) mass is 212 g/mol. The average Bonchev–Trinajstić information content (AvgIpc) is 2.11. The summed E-state index contributed by atoms with van der Waals surface area (Å²) < 4.78 is -0.199. The Hall–Kier alpha value is -0.740. The molecular weight excluding hydrogens is 196 g/mol. The van der Waals surface area contributed by atoms with Crippen LogP contribution in [0.4, 0.5) is 5.69 Å². The minimum Gasteiger partial charge on any atom is -0.397 e. The van der Waals surface area contributed by atoms with Crippen LogP contribution in [0, 0.1) is 6.92 Å². The number of hydrogen-bond donors (Lipinski definition) is 2. The Morgan fingerprint density at radius 1 is 1.50 bits per heavy atom. The van der Waals surface area contributed by atoms with Gasteiger partial charge in [0.05, 0.1) is 23.0 Å². The Morgan fingerprint density at radius 2 is 2.14 bits per heavy atom. The normalized spacial score (nSPS) is 11.7. The second kappa shape index (κ2) is 4.19. The second-order valence-corrected chi connectivity index (χ2v) is 5.57. The van der Waals surface area contributed by atoms with Crippen molar-refractivity contribution in [1.82, 2.24) is 4.98 Å².